The Morgan fingerprint density at radius 1 is 0.833 bits per heavy atom. The van der Waals surface area contributed by atoms with Crippen molar-refractivity contribution in [3.05, 3.63) is 0 Å². The highest BCUT2D eigenvalue weighted by molar-refractivity contribution is 4.87. The Balaban J connectivity index is 0.000000411. The summed E-state index contributed by atoms with van der Waals surface area (Å²) in [6.45, 7) is -1.25. The zero-order valence-corrected chi connectivity index (χ0v) is 9.57. The molecule has 110 valence electrons. The second-order valence-corrected chi connectivity index (χ2v) is 3.74. The summed E-state index contributed by atoms with van der Waals surface area (Å²) in [5.74, 6) is 0. The van der Waals surface area contributed by atoms with E-state index in [-0.39, 0.29) is 13.2 Å². The maximum absolute atomic E-state index is 9.12. The fourth-order valence-corrected chi connectivity index (χ4v) is 1.14. The van der Waals surface area contributed by atoms with E-state index >= 15 is 0 Å². The maximum atomic E-state index is 9.12. The van der Waals surface area contributed by atoms with Crippen LogP contribution in [0.25, 0.3) is 0 Å². The number of rotatable bonds is 3. The van der Waals surface area contributed by atoms with E-state index in [0.29, 0.717) is 0 Å². The van der Waals surface area contributed by atoms with Crippen molar-refractivity contribution in [3.8, 4) is 0 Å². The van der Waals surface area contributed by atoms with Gasteiger partial charge >= 0.3 is 0 Å². The molecule has 5 atom stereocenters. The third kappa shape index (κ3) is 5.10. The highest BCUT2D eigenvalue weighted by Gasteiger charge is 2.42. The van der Waals surface area contributed by atoms with Crippen LogP contribution in [0.1, 0.15) is 0 Å². The molecule has 0 saturated carbocycles. The molecule has 18 heavy (non-hydrogen) atoms. The largest absolute Gasteiger partial charge is 0.394 e. The minimum absolute atomic E-state index is 0.365. The highest BCUT2D eigenvalue weighted by Crippen LogP contribution is 2.18. The number of aliphatic hydroxyl groups excluding tert-OH is 8. The van der Waals surface area contributed by atoms with Gasteiger partial charge in [-0.15, -0.1) is 0 Å². The van der Waals surface area contributed by atoms with Gasteiger partial charge in [-0.2, -0.15) is 0 Å². The van der Waals surface area contributed by atoms with Gasteiger partial charge in [-0.25, -0.2) is 0 Å². The molecule has 0 aromatic heterocycles. The van der Waals surface area contributed by atoms with Crippen LogP contribution in [0.3, 0.4) is 0 Å². The van der Waals surface area contributed by atoms with E-state index < -0.39 is 43.4 Å². The monoisotopic (exact) mass is 272 g/mol. The SMILES string of the molecule is OCC(O)CO.OC[C@H]1O[C@@H](O)[C@H](O)[C@H](O)[C@@H]1O. The average molecular weight is 272 g/mol. The molecular formula is C9H20O9. The van der Waals surface area contributed by atoms with Gasteiger partial charge in [-0.1, -0.05) is 0 Å². The quantitative estimate of drug-likeness (QED) is 0.251. The lowest BCUT2D eigenvalue weighted by atomic mass is 10.00. The Kier molecular flexibility index (Phi) is 8.52. The Hall–Kier alpha value is -0.360. The molecule has 1 aliphatic heterocycles. The highest BCUT2D eigenvalue weighted by atomic mass is 16.6. The summed E-state index contributed by atoms with van der Waals surface area (Å²) < 4.78 is 4.58. The van der Waals surface area contributed by atoms with Crippen LogP contribution in [-0.2, 0) is 4.74 Å². The van der Waals surface area contributed by atoms with Crippen LogP contribution in [0.15, 0.2) is 0 Å². The maximum Gasteiger partial charge on any atom is 0.184 e. The van der Waals surface area contributed by atoms with Gasteiger partial charge in [0, 0.05) is 0 Å². The van der Waals surface area contributed by atoms with E-state index in [9.17, 15) is 0 Å². The smallest absolute Gasteiger partial charge is 0.184 e. The minimum atomic E-state index is -1.57. The van der Waals surface area contributed by atoms with E-state index in [2.05, 4.69) is 4.74 Å². The van der Waals surface area contributed by atoms with Crippen molar-refractivity contribution in [1.82, 2.24) is 0 Å². The van der Waals surface area contributed by atoms with Crippen molar-refractivity contribution in [2.45, 2.75) is 36.8 Å². The lowest BCUT2D eigenvalue weighted by molar-refractivity contribution is -0.286. The molecule has 0 aliphatic carbocycles. The number of aliphatic hydroxyl groups is 8. The van der Waals surface area contributed by atoms with E-state index in [1.165, 1.54) is 0 Å². The fourth-order valence-electron chi connectivity index (χ4n) is 1.14. The summed E-state index contributed by atoms with van der Waals surface area (Å²) in [4.78, 5) is 0. The van der Waals surface area contributed by atoms with Crippen LogP contribution in [0.5, 0.6) is 0 Å². The Morgan fingerprint density at radius 3 is 1.67 bits per heavy atom. The molecule has 0 aromatic rings. The van der Waals surface area contributed by atoms with Crippen LogP contribution in [0.4, 0.5) is 0 Å². The molecule has 8 N–H and O–H groups in total. The summed E-state index contributed by atoms with van der Waals surface area (Å²) in [6.07, 6.45) is -7.99. The third-order valence-corrected chi connectivity index (χ3v) is 2.29. The van der Waals surface area contributed by atoms with Gasteiger partial charge in [0.1, 0.15) is 30.5 Å². The number of ether oxygens (including phenoxy) is 1. The van der Waals surface area contributed by atoms with Crippen LogP contribution in [0.2, 0.25) is 0 Å². The molecule has 0 bridgehead atoms. The molecule has 1 aliphatic rings. The molecule has 0 amide bonds. The molecule has 1 rings (SSSR count). The first-order chi connectivity index (χ1) is 8.38. The van der Waals surface area contributed by atoms with Gasteiger partial charge in [0.15, 0.2) is 6.29 Å². The summed E-state index contributed by atoms with van der Waals surface area (Å²) >= 11 is 0. The van der Waals surface area contributed by atoms with Crippen LogP contribution in [0, 0.1) is 0 Å². The van der Waals surface area contributed by atoms with E-state index in [0.717, 1.165) is 0 Å². The normalized spacial score (nSPS) is 36.2. The van der Waals surface area contributed by atoms with Crippen molar-refractivity contribution in [2.24, 2.45) is 0 Å². The second kappa shape index (κ2) is 8.69. The molecule has 1 heterocycles. The Bertz CT molecular complexity index is 205. The van der Waals surface area contributed by atoms with Crippen LogP contribution >= 0.6 is 0 Å². The summed E-state index contributed by atoms with van der Waals surface area (Å²) in [6, 6.07) is 0. The van der Waals surface area contributed by atoms with Gasteiger partial charge in [-0.3, -0.25) is 0 Å². The van der Waals surface area contributed by atoms with Crippen molar-refractivity contribution >= 4 is 0 Å². The first kappa shape index (κ1) is 17.6. The zero-order chi connectivity index (χ0) is 14.3. The van der Waals surface area contributed by atoms with E-state index in [1.807, 2.05) is 0 Å². The van der Waals surface area contributed by atoms with Crippen molar-refractivity contribution in [1.29, 1.82) is 0 Å². The minimum Gasteiger partial charge on any atom is -0.394 e. The third-order valence-electron chi connectivity index (χ3n) is 2.29. The van der Waals surface area contributed by atoms with Crippen LogP contribution in [-0.4, -0.2) is 97.5 Å². The molecule has 1 fully saturated rings. The second-order valence-electron chi connectivity index (χ2n) is 3.74. The average Bonchev–Trinajstić information content (AvgIpc) is 2.40. The van der Waals surface area contributed by atoms with Crippen molar-refractivity contribution in [3.63, 3.8) is 0 Å². The molecule has 9 heteroatoms. The van der Waals surface area contributed by atoms with E-state index in [4.69, 9.17) is 40.9 Å². The van der Waals surface area contributed by atoms with E-state index in [1.54, 1.807) is 0 Å². The molecular weight excluding hydrogens is 252 g/mol. The first-order valence-electron chi connectivity index (χ1n) is 5.27. The zero-order valence-electron chi connectivity index (χ0n) is 9.57. The summed E-state index contributed by atoms with van der Waals surface area (Å²) in [5.41, 5.74) is 0. The lowest BCUT2D eigenvalue weighted by Gasteiger charge is -2.37. The van der Waals surface area contributed by atoms with Gasteiger partial charge in [0.05, 0.1) is 19.8 Å². The van der Waals surface area contributed by atoms with Gasteiger partial charge < -0.3 is 45.6 Å². The molecule has 9 nitrogen and oxygen atoms in total. The fraction of sp³-hybridized carbons (Fsp3) is 1.00. The summed E-state index contributed by atoms with van der Waals surface area (Å²) in [5, 5.41) is 68.7. The van der Waals surface area contributed by atoms with Gasteiger partial charge in [0.2, 0.25) is 0 Å². The van der Waals surface area contributed by atoms with Crippen LogP contribution < -0.4 is 0 Å². The number of hydrogen-bond acceptors (Lipinski definition) is 9. The number of hydrogen-bond donors (Lipinski definition) is 8. The lowest BCUT2D eigenvalue weighted by Crippen LogP contribution is -2.58. The predicted molar refractivity (Wildman–Crippen MR) is 56.2 cm³/mol. The van der Waals surface area contributed by atoms with Gasteiger partial charge in [-0.05, 0) is 0 Å². The molecule has 0 aromatic carbocycles. The van der Waals surface area contributed by atoms with Gasteiger partial charge in [0.25, 0.3) is 0 Å². The predicted octanol–water partition coefficient (Wildman–Crippen LogP) is -4.89. The first-order valence-corrected chi connectivity index (χ1v) is 5.27. The standard InChI is InChI=1S/C6H12O6.C3H8O3/c7-1-2-3(8)4(9)5(10)6(11)12-2;4-1-3(6)2-5/h2-11H,1H2;3-6H,1-2H2/t2-,3-,4-,5-,6-;/m1./s1. The molecule has 0 spiro atoms. The molecule has 0 unspecified atom stereocenters. The topological polar surface area (TPSA) is 171 Å². The molecule has 0 radical (unpaired) electrons. The Morgan fingerprint density at radius 2 is 1.33 bits per heavy atom. The summed E-state index contributed by atoms with van der Waals surface area (Å²) in [7, 11) is 0. The Labute approximate surface area is 103 Å². The van der Waals surface area contributed by atoms with Crippen molar-refractivity contribution < 1.29 is 45.6 Å². The van der Waals surface area contributed by atoms with Crippen molar-refractivity contribution in [2.75, 3.05) is 19.8 Å². The molecule has 1 saturated heterocycles.